The molecule has 3 heterocycles. The molecule has 0 radical (unpaired) electrons. The fourth-order valence-electron chi connectivity index (χ4n) is 4.72. The highest BCUT2D eigenvalue weighted by atomic mass is 16.3. The Hall–Kier alpha value is -2.73. The van der Waals surface area contributed by atoms with Crippen LogP contribution in [0.15, 0.2) is 40.9 Å². The van der Waals surface area contributed by atoms with Crippen LogP contribution in [0.1, 0.15) is 29.1 Å². The van der Waals surface area contributed by atoms with E-state index in [2.05, 4.69) is 44.3 Å². The molecule has 29 heavy (non-hydrogen) atoms. The molecule has 6 nitrogen and oxygen atoms in total. The number of hydrogen-bond donors (Lipinski definition) is 0. The Labute approximate surface area is 171 Å². The van der Waals surface area contributed by atoms with Gasteiger partial charge in [0.25, 0.3) is 0 Å². The summed E-state index contributed by atoms with van der Waals surface area (Å²) >= 11 is 0. The molecule has 0 spiro atoms. The van der Waals surface area contributed by atoms with Gasteiger partial charge < -0.3 is 9.32 Å². The van der Waals surface area contributed by atoms with Crippen molar-refractivity contribution in [2.75, 3.05) is 31.1 Å². The van der Waals surface area contributed by atoms with Gasteiger partial charge in [0.2, 0.25) is 5.95 Å². The van der Waals surface area contributed by atoms with Crippen molar-refractivity contribution in [1.82, 2.24) is 20.1 Å². The largest absolute Gasteiger partial charge is 0.466 e. The lowest BCUT2D eigenvalue weighted by Gasteiger charge is -2.41. The monoisotopic (exact) mass is 389 g/mol. The van der Waals surface area contributed by atoms with E-state index in [9.17, 15) is 0 Å². The average Bonchev–Trinajstić information content (AvgIpc) is 3.11. The number of aromatic nitrogens is 3. The van der Waals surface area contributed by atoms with Gasteiger partial charge in [-0.1, -0.05) is 24.3 Å². The fraction of sp³-hybridized carbons (Fsp3) is 0.435. The first kappa shape index (κ1) is 18.3. The van der Waals surface area contributed by atoms with Crippen LogP contribution >= 0.6 is 0 Å². The highest BCUT2D eigenvalue weighted by Crippen LogP contribution is 2.27. The second-order valence-electron chi connectivity index (χ2n) is 8.16. The topological polar surface area (TPSA) is 58.3 Å². The van der Waals surface area contributed by atoms with Crippen molar-refractivity contribution in [3.63, 3.8) is 0 Å². The van der Waals surface area contributed by atoms with E-state index >= 15 is 0 Å². The molecule has 2 aromatic heterocycles. The molecular formula is C23H27N5O. The Bertz CT molecular complexity index is 1010. The van der Waals surface area contributed by atoms with Gasteiger partial charge in [-0.15, -0.1) is 5.10 Å². The van der Waals surface area contributed by atoms with Gasteiger partial charge in [0.05, 0.1) is 11.9 Å². The van der Waals surface area contributed by atoms with Gasteiger partial charge in [-0.25, -0.2) is 4.98 Å². The number of hydrogen-bond acceptors (Lipinski definition) is 6. The molecular weight excluding hydrogens is 362 g/mol. The SMILES string of the molecule is Cc1cc(-c2cnnc(N3CCN(C4CCc5ccccc5C4)CC3)n2)c(C)o1. The third kappa shape index (κ3) is 3.65. The summed E-state index contributed by atoms with van der Waals surface area (Å²) in [6.07, 6.45) is 5.34. The molecule has 2 aliphatic rings. The molecule has 0 bridgehead atoms. The molecule has 1 saturated heterocycles. The summed E-state index contributed by atoms with van der Waals surface area (Å²) in [5.41, 5.74) is 4.88. The Morgan fingerprint density at radius 1 is 1.03 bits per heavy atom. The maximum Gasteiger partial charge on any atom is 0.245 e. The van der Waals surface area contributed by atoms with E-state index in [0.717, 1.165) is 54.9 Å². The molecule has 6 heteroatoms. The summed E-state index contributed by atoms with van der Waals surface area (Å²) in [5.74, 6) is 2.48. The van der Waals surface area contributed by atoms with Gasteiger partial charge in [-0.3, -0.25) is 4.90 Å². The Kier molecular flexibility index (Phi) is 4.79. The van der Waals surface area contributed by atoms with Crippen LogP contribution in [0.5, 0.6) is 0 Å². The van der Waals surface area contributed by atoms with E-state index in [0.29, 0.717) is 6.04 Å². The first-order chi connectivity index (χ1) is 14.2. The normalized spacial score (nSPS) is 19.9. The fourth-order valence-corrected chi connectivity index (χ4v) is 4.72. The van der Waals surface area contributed by atoms with Crippen LogP contribution in [0.3, 0.4) is 0 Å². The lowest BCUT2D eigenvalue weighted by molar-refractivity contribution is 0.169. The van der Waals surface area contributed by atoms with Crippen molar-refractivity contribution in [2.45, 2.75) is 39.2 Å². The summed E-state index contributed by atoms with van der Waals surface area (Å²) in [6, 6.07) is 11.6. The van der Waals surface area contributed by atoms with E-state index < -0.39 is 0 Å². The van der Waals surface area contributed by atoms with Crippen molar-refractivity contribution in [3.05, 3.63) is 59.2 Å². The number of nitrogens with zero attached hydrogens (tertiary/aromatic N) is 5. The van der Waals surface area contributed by atoms with E-state index in [1.54, 1.807) is 6.20 Å². The van der Waals surface area contributed by atoms with Gasteiger partial charge in [-0.05, 0) is 50.3 Å². The standard InChI is InChI=1S/C23H27N5O/c1-16-13-21(17(2)29-16)22-15-24-26-23(25-22)28-11-9-27(10-12-28)20-8-7-18-5-3-4-6-19(18)14-20/h3-6,13,15,20H,7-12,14H2,1-2H3. The van der Waals surface area contributed by atoms with Crippen molar-refractivity contribution >= 4 is 5.95 Å². The Morgan fingerprint density at radius 2 is 1.83 bits per heavy atom. The van der Waals surface area contributed by atoms with E-state index in [-0.39, 0.29) is 0 Å². The quantitative estimate of drug-likeness (QED) is 0.684. The van der Waals surface area contributed by atoms with Crippen LogP contribution in [0.4, 0.5) is 5.95 Å². The minimum absolute atomic E-state index is 0.647. The minimum Gasteiger partial charge on any atom is -0.466 e. The van der Waals surface area contributed by atoms with Crippen LogP contribution in [0, 0.1) is 13.8 Å². The number of rotatable bonds is 3. The molecule has 0 amide bonds. The lowest BCUT2D eigenvalue weighted by Crippen LogP contribution is -2.52. The van der Waals surface area contributed by atoms with E-state index in [4.69, 9.17) is 9.40 Å². The molecule has 1 unspecified atom stereocenters. The Morgan fingerprint density at radius 3 is 2.59 bits per heavy atom. The van der Waals surface area contributed by atoms with Crippen LogP contribution in [0.25, 0.3) is 11.3 Å². The first-order valence-corrected chi connectivity index (χ1v) is 10.5. The van der Waals surface area contributed by atoms with Crippen LogP contribution in [-0.2, 0) is 12.8 Å². The molecule has 5 rings (SSSR count). The maximum absolute atomic E-state index is 5.65. The van der Waals surface area contributed by atoms with E-state index in [1.807, 2.05) is 19.9 Å². The van der Waals surface area contributed by atoms with Gasteiger partial charge in [0.15, 0.2) is 0 Å². The molecule has 1 aliphatic carbocycles. The third-order valence-electron chi connectivity index (χ3n) is 6.30. The van der Waals surface area contributed by atoms with Crippen molar-refractivity contribution in [3.8, 4) is 11.3 Å². The Balaban J connectivity index is 1.26. The number of piperazine rings is 1. The van der Waals surface area contributed by atoms with Crippen molar-refractivity contribution < 1.29 is 4.42 Å². The first-order valence-electron chi connectivity index (χ1n) is 10.5. The zero-order chi connectivity index (χ0) is 19.8. The summed E-state index contributed by atoms with van der Waals surface area (Å²) in [6.45, 7) is 7.88. The predicted octanol–water partition coefficient (Wildman–Crippen LogP) is 3.43. The van der Waals surface area contributed by atoms with Gasteiger partial charge in [0.1, 0.15) is 11.5 Å². The molecule has 1 fully saturated rings. The summed E-state index contributed by atoms with van der Waals surface area (Å²) in [7, 11) is 0. The minimum atomic E-state index is 0.647. The summed E-state index contributed by atoms with van der Waals surface area (Å²) < 4.78 is 5.65. The van der Waals surface area contributed by atoms with Gasteiger partial charge in [0, 0.05) is 37.8 Å². The van der Waals surface area contributed by atoms with Crippen LogP contribution < -0.4 is 4.90 Å². The van der Waals surface area contributed by atoms with E-state index in [1.165, 1.54) is 30.4 Å². The zero-order valence-corrected chi connectivity index (χ0v) is 17.1. The molecule has 1 aliphatic heterocycles. The van der Waals surface area contributed by atoms with Crippen LogP contribution in [0.2, 0.25) is 0 Å². The zero-order valence-electron chi connectivity index (χ0n) is 17.1. The maximum atomic E-state index is 5.65. The number of anilines is 1. The third-order valence-corrected chi connectivity index (χ3v) is 6.30. The van der Waals surface area contributed by atoms with Gasteiger partial charge >= 0.3 is 0 Å². The smallest absolute Gasteiger partial charge is 0.245 e. The van der Waals surface area contributed by atoms with Gasteiger partial charge in [-0.2, -0.15) is 5.10 Å². The molecule has 1 aromatic carbocycles. The molecule has 0 saturated carbocycles. The predicted molar refractivity (Wildman–Crippen MR) is 113 cm³/mol. The highest BCUT2D eigenvalue weighted by Gasteiger charge is 2.28. The molecule has 1 atom stereocenters. The highest BCUT2D eigenvalue weighted by molar-refractivity contribution is 5.62. The number of furan rings is 1. The van der Waals surface area contributed by atoms with Crippen molar-refractivity contribution in [2.24, 2.45) is 0 Å². The average molecular weight is 390 g/mol. The molecule has 150 valence electrons. The molecule has 0 N–H and O–H groups in total. The van der Waals surface area contributed by atoms with Crippen LogP contribution in [-0.4, -0.2) is 52.3 Å². The van der Waals surface area contributed by atoms with Crippen molar-refractivity contribution in [1.29, 1.82) is 0 Å². The second-order valence-corrected chi connectivity index (χ2v) is 8.16. The summed E-state index contributed by atoms with van der Waals surface area (Å²) in [5, 5.41) is 8.52. The second kappa shape index (κ2) is 7.59. The number of fused-ring (bicyclic) bond motifs is 1. The number of aryl methyl sites for hydroxylation is 3. The number of benzene rings is 1. The molecule has 3 aromatic rings. The lowest BCUT2D eigenvalue weighted by atomic mass is 9.87. The summed E-state index contributed by atoms with van der Waals surface area (Å²) in [4.78, 5) is 9.68.